The molecule has 98 valence electrons. The summed E-state index contributed by atoms with van der Waals surface area (Å²) in [4.78, 5) is 11.9. The van der Waals surface area contributed by atoms with E-state index in [4.69, 9.17) is 0 Å². The lowest BCUT2D eigenvalue weighted by atomic mass is 9.79. The molecule has 2 aromatic rings. The van der Waals surface area contributed by atoms with Crippen LogP contribution in [0.3, 0.4) is 0 Å². The molecule has 0 N–H and O–H groups in total. The molecule has 0 aromatic heterocycles. The lowest BCUT2D eigenvalue weighted by Gasteiger charge is -2.14. The largest absolute Gasteiger partial charge is 0.509 e. The average Bonchev–Trinajstić information content (AvgIpc) is 2.38. The quantitative estimate of drug-likeness (QED) is 0.474. The van der Waals surface area contributed by atoms with Gasteiger partial charge in [0.05, 0.1) is 5.56 Å². The van der Waals surface area contributed by atoms with E-state index in [0.29, 0.717) is 0 Å². The summed E-state index contributed by atoms with van der Waals surface area (Å²) in [5.74, 6) is -1.34. The lowest BCUT2D eigenvalue weighted by Crippen LogP contribution is -2.33. The van der Waals surface area contributed by atoms with Crippen molar-refractivity contribution >= 4 is 18.2 Å². The first-order valence-corrected chi connectivity index (χ1v) is 5.49. The summed E-state index contributed by atoms with van der Waals surface area (Å²) < 4.78 is 50.7. The van der Waals surface area contributed by atoms with Crippen molar-refractivity contribution in [2.24, 2.45) is 0 Å². The zero-order chi connectivity index (χ0) is 14.0. The molecule has 0 radical (unpaired) electrons. The first-order valence-electron chi connectivity index (χ1n) is 5.49. The summed E-state index contributed by atoms with van der Waals surface area (Å²) in [5.41, 5.74) is -0.924. The molecule has 0 amide bonds. The van der Waals surface area contributed by atoms with Crippen molar-refractivity contribution in [2.75, 3.05) is 0 Å². The standard InChI is InChI=1S/C13H8BF4O/c15-12-4-2-1-3-11(12)13(19)9-5-7-10(8-6-9)14(16,17)18/h1-8H/q-1. The van der Waals surface area contributed by atoms with Crippen molar-refractivity contribution in [3.8, 4) is 0 Å². The number of rotatable bonds is 3. The van der Waals surface area contributed by atoms with Crippen molar-refractivity contribution in [1.82, 2.24) is 0 Å². The van der Waals surface area contributed by atoms with E-state index < -0.39 is 24.0 Å². The van der Waals surface area contributed by atoms with E-state index in [9.17, 15) is 22.1 Å². The minimum atomic E-state index is -5.09. The van der Waals surface area contributed by atoms with E-state index >= 15 is 0 Å². The van der Waals surface area contributed by atoms with Crippen molar-refractivity contribution in [2.45, 2.75) is 0 Å². The third-order valence-electron chi connectivity index (χ3n) is 2.67. The van der Waals surface area contributed by atoms with Gasteiger partial charge in [0.25, 0.3) is 0 Å². The first kappa shape index (κ1) is 13.3. The van der Waals surface area contributed by atoms with Crippen LogP contribution >= 0.6 is 0 Å². The van der Waals surface area contributed by atoms with Crippen molar-refractivity contribution in [1.29, 1.82) is 0 Å². The summed E-state index contributed by atoms with van der Waals surface area (Å²) in [6, 6.07) is 9.10. The maximum absolute atomic E-state index is 13.4. The Bertz CT molecular complexity index is 605. The summed E-state index contributed by atoms with van der Waals surface area (Å²) in [6.45, 7) is -5.09. The molecule has 0 atom stereocenters. The fourth-order valence-electron chi connectivity index (χ4n) is 1.65. The second kappa shape index (κ2) is 4.88. The van der Waals surface area contributed by atoms with Crippen molar-refractivity contribution < 1.29 is 22.1 Å². The highest BCUT2D eigenvalue weighted by Gasteiger charge is 2.25. The molecule has 0 aliphatic carbocycles. The van der Waals surface area contributed by atoms with Crippen LogP contribution in [0.4, 0.5) is 17.3 Å². The topological polar surface area (TPSA) is 17.1 Å². The number of hydrogen-bond acceptors (Lipinski definition) is 1. The van der Waals surface area contributed by atoms with Crippen LogP contribution in [-0.4, -0.2) is 12.8 Å². The number of carbonyl (C=O) groups is 1. The van der Waals surface area contributed by atoms with E-state index in [0.717, 1.165) is 30.3 Å². The Morgan fingerprint density at radius 2 is 1.47 bits per heavy atom. The molecule has 0 aliphatic heterocycles. The molecular formula is C13H8BF4O-. The van der Waals surface area contributed by atoms with E-state index in [-0.39, 0.29) is 11.1 Å². The number of hydrogen-bond donors (Lipinski definition) is 0. The van der Waals surface area contributed by atoms with Gasteiger partial charge in [0.1, 0.15) is 5.82 Å². The molecule has 2 rings (SSSR count). The van der Waals surface area contributed by atoms with Gasteiger partial charge in [-0.3, -0.25) is 4.79 Å². The Morgan fingerprint density at radius 1 is 0.895 bits per heavy atom. The SMILES string of the molecule is O=C(c1ccc([B-](F)(F)F)cc1)c1ccccc1F. The fraction of sp³-hybridized carbons (Fsp3) is 0. The minimum absolute atomic E-state index is 0.0221. The van der Waals surface area contributed by atoms with Gasteiger partial charge in [-0.1, -0.05) is 36.4 Å². The van der Waals surface area contributed by atoms with E-state index in [1.807, 2.05) is 0 Å². The van der Waals surface area contributed by atoms with Gasteiger partial charge in [0, 0.05) is 5.56 Å². The van der Waals surface area contributed by atoms with Gasteiger partial charge in [0.15, 0.2) is 5.78 Å². The molecule has 6 heteroatoms. The van der Waals surface area contributed by atoms with Crippen LogP contribution in [0.15, 0.2) is 48.5 Å². The number of halogens is 4. The molecular weight excluding hydrogens is 259 g/mol. The summed E-state index contributed by atoms with van der Waals surface area (Å²) in [7, 11) is 0. The number of carbonyl (C=O) groups excluding carboxylic acids is 1. The molecule has 0 aliphatic rings. The summed E-state index contributed by atoms with van der Waals surface area (Å²) >= 11 is 0. The molecule has 0 saturated carbocycles. The van der Waals surface area contributed by atoms with E-state index in [2.05, 4.69) is 0 Å². The van der Waals surface area contributed by atoms with Gasteiger partial charge in [-0.2, -0.15) is 0 Å². The highest BCUT2D eigenvalue weighted by atomic mass is 19.4. The Hall–Kier alpha value is -2.11. The van der Waals surface area contributed by atoms with Crippen LogP contribution < -0.4 is 5.46 Å². The molecule has 1 nitrogen and oxygen atoms in total. The summed E-state index contributed by atoms with van der Waals surface area (Å²) in [5, 5.41) is 0. The molecule has 0 fully saturated rings. The molecule has 0 bridgehead atoms. The molecule has 19 heavy (non-hydrogen) atoms. The normalized spacial score (nSPS) is 11.4. The van der Waals surface area contributed by atoms with Crippen LogP contribution in [0.5, 0.6) is 0 Å². The maximum Gasteiger partial charge on any atom is 0.509 e. The van der Waals surface area contributed by atoms with Gasteiger partial charge >= 0.3 is 6.98 Å². The Morgan fingerprint density at radius 3 is 2.00 bits per heavy atom. The summed E-state index contributed by atoms with van der Waals surface area (Å²) in [6.07, 6.45) is 0. The second-order valence-corrected chi connectivity index (χ2v) is 4.01. The smallest absolute Gasteiger partial charge is 0.445 e. The van der Waals surface area contributed by atoms with Crippen LogP contribution in [0.2, 0.25) is 0 Å². The Kier molecular flexibility index (Phi) is 3.42. The Balaban J connectivity index is 2.34. The van der Waals surface area contributed by atoms with Gasteiger partial charge < -0.3 is 12.9 Å². The fourth-order valence-corrected chi connectivity index (χ4v) is 1.65. The zero-order valence-electron chi connectivity index (χ0n) is 9.62. The average molecular weight is 267 g/mol. The van der Waals surface area contributed by atoms with E-state index in [1.54, 1.807) is 0 Å². The minimum Gasteiger partial charge on any atom is -0.445 e. The maximum atomic E-state index is 13.4. The van der Waals surface area contributed by atoms with Gasteiger partial charge in [-0.15, -0.1) is 5.46 Å². The van der Waals surface area contributed by atoms with Gasteiger partial charge in [0.2, 0.25) is 0 Å². The van der Waals surface area contributed by atoms with Crippen LogP contribution in [0, 0.1) is 5.82 Å². The molecule has 0 heterocycles. The van der Waals surface area contributed by atoms with Crippen LogP contribution in [0.25, 0.3) is 0 Å². The second-order valence-electron chi connectivity index (χ2n) is 4.01. The lowest BCUT2D eigenvalue weighted by molar-refractivity contribution is 0.103. The molecule has 0 saturated heterocycles. The van der Waals surface area contributed by atoms with Crippen molar-refractivity contribution in [3.05, 3.63) is 65.5 Å². The predicted octanol–water partition coefficient (Wildman–Crippen LogP) is 3.11. The number of benzene rings is 2. The van der Waals surface area contributed by atoms with E-state index in [1.165, 1.54) is 18.2 Å². The first-order chi connectivity index (χ1) is 8.89. The van der Waals surface area contributed by atoms with Gasteiger partial charge in [-0.05, 0) is 12.1 Å². The van der Waals surface area contributed by atoms with Crippen LogP contribution in [0.1, 0.15) is 15.9 Å². The van der Waals surface area contributed by atoms with Crippen LogP contribution in [-0.2, 0) is 0 Å². The highest BCUT2D eigenvalue weighted by Crippen LogP contribution is 2.14. The van der Waals surface area contributed by atoms with Gasteiger partial charge in [-0.25, -0.2) is 4.39 Å². The monoisotopic (exact) mass is 267 g/mol. The molecule has 2 aromatic carbocycles. The predicted molar refractivity (Wildman–Crippen MR) is 65.0 cm³/mol. The third-order valence-corrected chi connectivity index (χ3v) is 2.67. The highest BCUT2D eigenvalue weighted by molar-refractivity contribution is 6.73. The number of ketones is 1. The molecule has 0 spiro atoms. The van der Waals surface area contributed by atoms with Crippen molar-refractivity contribution in [3.63, 3.8) is 0 Å². The zero-order valence-corrected chi connectivity index (χ0v) is 9.62. The molecule has 0 unspecified atom stereocenters. The Labute approximate surface area is 106 Å². The third kappa shape index (κ3) is 2.84.